The molecule has 0 aliphatic rings. The lowest BCUT2D eigenvalue weighted by molar-refractivity contribution is -0.119. The fraction of sp³-hybridized carbons (Fsp3) is 0.381. The molecule has 2 N–H and O–H groups in total. The molecule has 0 aliphatic carbocycles. The summed E-state index contributed by atoms with van der Waals surface area (Å²) in [5, 5.41) is 5.78. The Balaban J connectivity index is 2.16. The summed E-state index contributed by atoms with van der Waals surface area (Å²) in [6.07, 6.45) is 0.733. The molecule has 7 heteroatoms. The van der Waals surface area contributed by atoms with Gasteiger partial charge in [-0.15, -0.1) is 0 Å². The number of nitrogens with one attached hydrogen (secondary N) is 2. The number of sulfone groups is 1. The highest BCUT2D eigenvalue weighted by Gasteiger charge is 2.24. The molecule has 2 rings (SSSR count). The smallest absolute Gasteiger partial charge is 0.239 e. The summed E-state index contributed by atoms with van der Waals surface area (Å²) in [7, 11) is -3.71. The normalized spacial score (nSPS) is 11.2. The lowest BCUT2D eigenvalue weighted by atomic mass is 10.1. The van der Waals surface area contributed by atoms with Gasteiger partial charge in [-0.1, -0.05) is 24.3 Å². The first-order chi connectivity index (χ1) is 13.4. The second-order valence-electron chi connectivity index (χ2n) is 6.45. The molecule has 0 saturated carbocycles. The monoisotopic (exact) mass is 404 g/mol. The second kappa shape index (κ2) is 10.2. The fourth-order valence-electron chi connectivity index (χ4n) is 2.78. The number of benzene rings is 2. The Hall–Kier alpha value is -2.38. The standard InChI is InChI=1S/C21H28N2O4S/c1-4-27-14-8-13-22-20(24)15-23-19-12-11-16(2)17(3)21(19)28(25,26)18-9-6-5-7-10-18/h5-7,9-12,23H,4,8,13-15H2,1-3H3,(H,22,24). The van der Waals surface area contributed by atoms with Gasteiger partial charge in [-0.25, -0.2) is 8.42 Å². The third-order valence-electron chi connectivity index (χ3n) is 4.43. The van der Waals surface area contributed by atoms with Gasteiger partial charge in [0.1, 0.15) is 0 Å². The highest BCUT2D eigenvalue weighted by molar-refractivity contribution is 7.91. The highest BCUT2D eigenvalue weighted by Crippen LogP contribution is 2.32. The van der Waals surface area contributed by atoms with Crippen LogP contribution < -0.4 is 10.6 Å². The van der Waals surface area contributed by atoms with Crippen LogP contribution in [0.25, 0.3) is 0 Å². The molecule has 0 atom stereocenters. The van der Waals surface area contributed by atoms with Crippen LogP contribution >= 0.6 is 0 Å². The predicted octanol–water partition coefficient (Wildman–Crippen LogP) is 3.09. The number of hydrogen-bond donors (Lipinski definition) is 2. The van der Waals surface area contributed by atoms with E-state index in [1.165, 1.54) is 0 Å². The van der Waals surface area contributed by atoms with Crippen molar-refractivity contribution in [1.29, 1.82) is 0 Å². The SMILES string of the molecule is CCOCCCNC(=O)CNc1ccc(C)c(C)c1S(=O)(=O)c1ccccc1. The van der Waals surface area contributed by atoms with Gasteiger partial charge in [0.2, 0.25) is 15.7 Å². The lowest BCUT2D eigenvalue weighted by Crippen LogP contribution is -2.31. The molecule has 0 bridgehead atoms. The number of amides is 1. The molecule has 0 spiro atoms. The molecule has 2 aromatic carbocycles. The Morgan fingerprint density at radius 2 is 1.79 bits per heavy atom. The number of aryl methyl sites for hydroxylation is 1. The Kier molecular flexibility index (Phi) is 8.02. The lowest BCUT2D eigenvalue weighted by Gasteiger charge is -2.17. The van der Waals surface area contributed by atoms with Crippen LogP contribution in [-0.2, 0) is 19.4 Å². The maximum atomic E-state index is 13.2. The van der Waals surface area contributed by atoms with Crippen molar-refractivity contribution >= 4 is 21.4 Å². The first-order valence-corrected chi connectivity index (χ1v) is 10.8. The van der Waals surface area contributed by atoms with E-state index in [1.54, 1.807) is 43.3 Å². The molecule has 0 aliphatic heterocycles. The van der Waals surface area contributed by atoms with Crippen LogP contribution in [0.15, 0.2) is 52.3 Å². The summed E-state index contributed by atoms with van der Waals surface area (Å²) in [6.45, 7) is 7.34. The van der Waals surface area contributed by atoms with Gasteiger partial charge in [-0.2, -0.15) is 0 Å². The van der Waals surface area contributed by atoms with E-state index in [0.717, 1.165) is 12.0 Å². The summed E-state index contributed by atoms with van der Waals surface area (Å²) in [5.41, 5.74) is 1.97. The largest absolute Gasteiger partial charge is 0.382 e. The van der Waals surface area contributed by atoms with E-state index >= 15 is 0 Å². The molecule has 152 valence electrons. The van der Waals surface area contributed by atoms with E-state index in [4.69, 9.17) is 4.74 Å². The molecule has 0 aromatic heterocycles. The van der Waals surface area contributed by atoms with Crippen LogP contribution in [0, 0.1) is 13.8 Å². The molecule has 0 heterocycles. The van der Waals surface area contributed by atoms with Gasteiger partial charge in [-0.05, 0) is 56.5 Å². The summed E-state index contributed by atoms with van der Waals surface area (Å²) < 4.78 is 31.6. The highest BCUT2D eigenvalue weighted by atomic mass is 32.2. The summed E-state index contributed by atoms with van der Waals surface area (Å²) in [4.78, 5) is 12.5. The van der Waals surface area contributed by atoms with Crippen LogP contribution in [-0.4, -0.2) is 40.6 Å². The van der Waals surface area contributed by atoms with Crippen LogP contribution in [0.4, 0.5) is 5.69 Å². The van der Waals surface area contributed by atoms with Gasteiger partial charge < -0.3 is 15.4 Å². The molecular formula is C21H28N2O4S. The van der Waals surface area contributed by atoms with Crippen molar-refractivity contribution in [2.24, 2.45) is 0 Å². The Morgan fingerprint density at radius 1 is 1.07 bits per heavy atom. The summed E-state index contributed by atoms with van der Waals surface area (Å²) in [5.74, 6) is -0.196. The van der Waals surface area contributed by atoms with E-state index in [2.05, 4.69) is 10.6 Å². The van der Waals surface area contributed by atoms with Crippen molar-refractivity contribution in [2.45, 2.75) is 37.0 Å². The third kappa shape index (κ3) is 5.56. The zero-order valence-corrected chi connectivity index (χ0v) is 17.4. The first kappa shape index (κ1) is 21.9. The number of rotatable bonds is 10. The van der Waals surface area contributed by atoms with Crippen LogP contribution in [0.5, 0.6) is 0 Å². The van der Waals surface area contributed by atoms with Crippen LogP contribution in [0.2, 0.25) is 0 Å². The van der Waals surface area contributed by atoms with Gasteiger partial charge in [0.25, 0.3) is 0 Å². The van der Waals surface area contributed by atoms with E-state index in [9.17, 15) is 13.2 Å². The Bertz CT molecular complexity index is 896. The van der Waals surface area contributed by atoms with Crippen LogP contribution in [0.1, 0.15) is 24.5 Å². The summed E-state index contributed by atoms with van der Waals surface area (Å²) in [6, 6.07) is 11.9. The molecular weight excluding hydrogens is 376 g/mol. The van der Waals surface area contributed by atoms with Gasteiger partial charge in [0.15, 0.2) is 0 Å². The van der Waals surface area contributed by atoms with Crippen molar-refractivity contribution in [3.8, 4) is 0 Å². The van der Waals surface area contributed by atoms with E-state index in [1.807, 2.05) is 19.9 Å². The van der Waals surface area contributed by atoms with Crippen molar-refractivity contribution in [1.82, 2.24) is 5.32 Å². The molecule has 0 saturated heterocycles. The molecule has 0 radical (unpaired) electrons. The van der Waals surface area contributed by atoms with Crippen molar-refractivity contribution in [2.75, 3.05) is 31.6 Å². The number of ether oxygens (including phenoxy) is 1. The molecule has 0 unspecified atom stereocenters. The average Bonchev–Trinajstić information content (AvgIpc) is 2.69. The average molecular weight is 405 g/mol. The quantitative estimate of drug-likeness (QED) is 0.595. The minimum absolute atomic E-state index is 0.00551. The zero-order chi connectivity index (χ0) is 20.6. The molecule has 0 fully saturated rings. The van der Waals surface area contributed by atoms with Crippen molar-refractivity contribution in [3.63, 3.8) is 0 Å². The minimum atomic E-state index is -3.71. The number of hydrogen-bond acceptors (Lipinski definition) is 5. The summed E-state index contributed by atoms with van der Waals surface area (Å²) >= 11 is 0. The van der Waals surface area contributed by atoms with Crippen molar-refractivity contribution < 1.29 is 17.9 Å². The number of carbonyl (C=O) groups is 1. The third-order valence-corrected chi connectivity index (χ3v) is 6.39. The minimum Gasteiger partial charge on any atom is -0.382 e. The van der Waals surface area contributed by atoms with E-state index < -0.39 is 9.84 Å². The van der Waals surface area contributed by atoms with Crippen molar-refractivity contribution in [3.05, 3.63) is 53.6 Å². The zero-order valence-electron chi connectivity index (χ0n) is 16.6. The number of anilines is 1. The predicted molar refractivity (Wildman–Crippen MR) is 110 cm³/mol. The molecule has 1 amide bonds. The van der Waals surface area contributed by atoms with E-state index in [0.29, 0.717) is 31.0 Å². The topological polar surface area (TPSA) is 84.5 Å². The van der Waals surface area contributed by atoms with Gasteiger partial charge in [0, 0.05) is 19.8 Å². The maximum absolute atomic E-state index is 13.2. The van der Waals surface area contributed by atoms with Gasteiger partial charge in [0.05, 0.1) is 22.0 Å². The van der Waals surface area contributed by atoms with Gasteiger partial charge >= 0.3 is 0 Å². The second-order valence-corrected chi connectivity index (χ2v) is 8.34. The molecule has 6 nitrogen and oxygen atoms in total. The molecule has 2 aromatic rings. The fourth-order valence-corrected chi connectivity index (χ4v) is 4.52. The molecule has 28 heavy (non-hydrogen) atoms. The Morgan fingerprint density at radius 3 is 2.46 bits per heavy atom. The first-order valence-electron chi connectivity index (χ1n) is 9.36. The number of carbonyl (C=O) groups excluding carboxylic acids is 1. The maximum Gasteiger partial charge on any atom is 0.239 e. The van der Waals surface area contributed by atoms with E-state index in [-0.39, 0.29) is 22.2 Å². The Labute approximate surface area is 167 Å². The van der Waals surface area contributed by atoms with Crippen LogP contribution in [0.3, 0.4) is 0 Å². The van der Waals surface area contributed by atoms with Gasteiger partial charge in [-0.3, -0.25) is 4.79 Å².